The summed E-state index contributed by atoms with van der Waals surface area (Å²) >= 11 is 1.33. The lowest BCUT2D eigenvalue weighted by Gasteiger charge is -2.10. The highest BCUT2D eigenvalue weighted by molar-refractivity contribution is 7.98. The third-order valence-corrected chi connectivity index (χ3v) is 4.44. The second-order valence-corrected chi connectivity index (χ2v) is 6.20. The van der Waals surface area contributed by atoms with Crippen molar-refractivity contribution in [2.24, 2.45) is 0 Å². The molecular weight excluding hydrogens is 362 g/mol. The first-order chi connectivity index (χ1) is 12.5. The zero-order chi connectivity index (χ0) is 18.7. The third kappa shape index (κ3) is 3.88. The molecule has 0 saturated heterocycles. The van der Waals surface area contributed by atoms with Gasteiger partial charge >= 0.3 is 5.97 Å². The molecule has 1 aromatic heterocycles. The van der Waals surface area contributed by atoms with Crippen LogP contribution in [0.15, 0.2) is 57.8 Å². The highest BCUT2D eigenvalue weighted by atomic mass is 32.2. The molecule has 2 aromatic carbocycles. The molecule has 0 aliphatic rings. The summed E-state index contributed by atoms with van der Waals surface area (Å²) in [4.78, 5) is 11.4. The van der Waals surface area contributed by atoms with Crippen molar-refractivity contribution in [2.75, 3.05) is 6.26 Å². The quantitative estimate of drug-likeness (QED) is 0.598. The zero-order valence-corrected chi connectivity index (χ0v) is 14.5. The SMILES string of the molecule is CSc1cc(F)c(F)cc1-c1ccc(OCc2ccc(C(=O)O)o2)cc1. The van der Waals surface area contributed by atoms with Gasteiger partial charge in [-0.1, -0.05) is 12.1 Å². The molecule has 1 N–H and O–H groups in total. The number of carbonyl (C=O) groups is 1. The highest BCUT2D eigenvalue weighted by Crippen LogP contribution is 2.33. The summed E-state index contributed by atoms with van der Waals surface area (Å²) < 4.78 is 37.6. The van der Waals surface area contributed by atoms with Crippen LogP contribution in [0.1, 0.15) is 16.3 Å². The Balaban J connectivity index is 1.74. The van der Waals surface area contributed by atoms with E-state index in [1.807, 2.05) is 0 Å². The minimum Gasteiger partial charge on any atom is -0.486 e. The molecule has 0 aliphatic carbocycles. The van der Waals surface area contributed by atoms with Gasteiger partial charge in [-0.2, -0.15) is 0 Å². The molecule has 3 rings (SSSR count). The van der Waals surface area contributed by atoms with Gasteiger partial charge in [0.2, 0.25) is 5.76 Å². The molecule has 0 unspecified atom stereocenters. The summed E-state index contributed by atoms with van der Waals surface area (Å²) in [7, 11) is 0. The Morgan fingerprint density at radius 1 is 1.12 bits per heavy atom. The average Bonchev–Trinajstić information content (AvgIpc) is 3.12. The summed E-state index contributed by atoms with van der Waals surface area (Å²) in [5, 5.41) is 8.82. The van der Waals surface area contributed by atoms with Crippen LogP contribution in [0.3, 0.4) is 0 Å². The first kappa shape index (κ1) is 18.0. The largest absolute Gasteiger partial charge is 0.486 e. The minimum absolute atomic E-state index is 0.0772. The number of benzene rings is 2. The Morgan fingerprint density at radius 2 is 1.81 bits per heavy atom. The maximum Gasteiger partial charge on any atom is 0.371 e. The monoisotopic (exact) mass is 376 g/mol. The lowest BCUT2D eigenvalue weighted by atomic mass is 10.1. The molecule has 4 nitrogen and oxygen atoms in total. The molecule has 0 fully saturated rings. The van der Waals surface area contributed by atoms with Gasteiger partial charge in [0.25, 0.3) is 0 Å². The molecule has 0 spiro atoms. The van der Waals surface area contributed by atoms with Gasteiger partial charge in [-0.15, -0.1) is 11.8 Å². The van der Waals surface area contributed by atoms with Crippen molar-refractivity contribution >= 4 is 17.7 Å². The second-order valence-electron chi connectivity index (χ2n) is 5.35. The first-order valence-electron chi connectivity index (χ1n) is 7.56. The molecule has 3 aromatic rings. The average molecular weight is 376 g/mol. The van der Waals surface area contributed by atoms with E-state index in [-0.39, 0.29) is 12.4 Å². The van der Waals surface area contributed by atoms with E-state index in [2.05, 4.69) is 0 Å². The molecule has 1 heterocycles. The van der Waals surface area contributed by atoms with Crippen molar-refractivity contribution in [2.45, 2.75) is 11.5 Å². The van der Waals surface area contributed by atoms with Crippen molar-refractivity contribution in [1.29, 1.82) is 0 Å². The van der Waals surface area contributed by atoms with Crippen molar-refractivity contribution in [1.82, 2.24) is 0 Å². The molecule has 0 saturated carbocycles. The molecule has 0 atom stereocenters. The number of ether oxygens (including phenoxy) is 1. The smallest absolute Gasteiger partial charge is 0.371 e. The topological polar surface area (TPSA) is 59.7 Å². The summed E-state index contributed by atoms with van der Waals surface area (Å²) in [6, 6.07) is 12.1. The van der Waals surface area contributed by atoms with Gasteiger partial charge in [0.1, 0.15) is 18.1 Å². The maximum absolute atomic E-state index is 13.6. The predicted octanol–water partition coefficient (Wildman–Crippen LogP) is 5.22. The van der Waals surface area contributed by atoms with Crippen LogP contribution in [0.2, 0.25) is 0 Å². The van der Waals surface area contributed by atoms with Crippen LogP contribution in [0.4, 0.5) is 8.78 Å². The number of thioether (sulfide) groups is 1. The lowest BCUT2D eigenvalue weighted by Crippen LogP contribution is -1.95. The molecule has 0 amide bonds. The van der Waals surface area contributed by atoms with Crippen LogP contribution >= 0.6 is 11.8 Å². The number of hydrogen-bond donors (Lipinski definition) is 1. The van der Waals surface area contributed by atoms with Crippen LogP contribution in [0, 0.1) is 11.6 Å². The number of halogens is 2. The number of hydrogen-bond acceptors (Lipinski definition) is 4. The Labute approximate surface area is 152 Å². The fourth-order valence-corrected chi connectivity index (χ4v) is 3.00. The highest BCUT2D eigenvalue weighted by Gasteiger charge is 2.12. The minimum atomic E-state index is -1.14. The number of carboxylic acid groups (broad SMARTS) is 1. The van der Waals surface area contributed by atoms with Gasteiger partial charge in [-0.05, 0) is 53.8 Å². The van der Waals surface area contributed by atoms with E-state index in [0.717, 1.165) is 5.56 Å². The summed E-state index contributed by atoms with van der Waals surface area (Å²) in [6.45, 7) is 0.0772. The molecule has 134 valence electrons. The Hall–Kier alpha value is -2.80. The van der Waals surface area contributed by atoms with Gasteiger partial charge in [0, 0.05) is 4.90 Å². The molecule has 0 aliphatic heterocycles. The van der Waals surface area contributed by atoms with Gasteiger partial charge in [0.15, 0.2) is 11.6 Å². The van der Waals surface area contributed by atoms with E-state index >= 15 is 0 Å². The van der Waals surface area contributed by atoms with E-state index in [1.54, 1.807) is 30.5 Å². The fourth-order valence-electron chi connectivity index (χ4n) is 2.38. The number of furan rings is 1. The molecule has 26 heavy (non-hydrogen) atoms. The lowest BCUT2D eigenvalue weighted by molar-refractivity contribution is 0.0658. The summed E-state index contributed by atoms with van der Waals surface area (Å²) in [5.74, 6) is -2.15. The van der Waals surface area contributed by atoms with Gasteiger partial charge in [0.05, 0.1) is 0 Å². The molecule has 0 radical (unpaired) electrons. The predicted molar refractivity (Wildman–Crippen MR) is 93.6 cm³/mol. The van der Waals surface area contributed by atoms with Gasteiger partial charge in [-0.3, -0.25) is 0 Å². The van der Waals surface area contributed by atoms with Crippen LogP contribution in [0.25, 0.3) is 11.1 Å². The Kier molecular flexibility index (Phi) is 5.27. The number of rotatable bonds is 6. The molecule has 7 heteroatoms. The van der Waals surface area contributed by atoms with E-state index in [4.69, 9.17) is 14.3 Å². The fraction of sp³-hybridized carbons (Fsp3) is 0.105. The summed E-state index contributed by atoms with van der Waals surface area (Å²) in [5.41, 5.74) is 1.33. The van der Waals surface area contributed by atoms with Crippen LogP contribution < -0.4 is 4.74 Å². The van der Waals surface area contributed by atoms with E-state index in [9.17, 15) is 13.6 Å². The maximum atomic E-state index is 13.6. The van der Waals surface area contributed by atoms with Crippen LogP contribution in [0.5, 0.6) is 5.75 Å². The van der Waals surface area contributed by atoms with E-state index in [1.165, 1.54) is 36.0 Å². The van der Waals surface area contributed by atoms with Crippen molar-refractivity contribution in [3.63, 3.8) is 0 Å². The summed E-state index contributed by atoms with van der Waals surface area (Å²) in [6.07, 6.45) is 1.79. The van der Waals surface area contributed by atoms with E-state index in [0.29, 0.717) is 22.0 Å². The van der Waals surface area contributed by atoms with Crippen molar-refractivity contribution in [3.05, 3.63) is 71.7 Å². The van der Waals surface area contributed by atoms with Crippen molar-refractivity contribution < 1.29 is 27.8 Å². The van der Waals surface area contributed by atoms with Crippen molar-refractivity contribution in [3.8, 4) is 16.9 Å². The third-order valence-electron chi connectivity index (χ3n) is 3.66. The number of aromatic carboxylic acids is 1. The zero-order valence-electron chi connectivity index (χ0n) is 13.7. The molecule has 0 bridgehead atoms. The Bertz CT molecular complexity index is 935. The Morgan fingerprint density at radius 3 is 2.42 bits per heavy atom. The first-order valence-corrected chi connectivity index (χ1v) is 8.78. The van der Waals surface area contributed by atoms with Crippen LogP contribution in [-0.4, -0.2) is 17.3 Å². The van der Waals surface area contributed by atoms with Crippen LogP contribution in [-0.2, 0) is 6.61 Å². The number of carboxylic acids is 1. The molecular formula is C19H14F2O4S. The standard InChI is InChI=1S/C19H14F2O4S/c1-26-18-9-16(21)15(20)8-14(18)11-2-4-12(5-3-11)24-10-13-6-7-17(25-13)19(22)23/h2-9H,10H2,1H3,(H,22,23). The van der Waals surface area contributed by atoms with E-state index < -0.39 is 17.6 Å². The normalized spacial score (nSPS) is 10.7. The van der Waals surface area contributed by atoms with Gasteiger partial charge in [-0.25, -0.2) is 13.6 Å². The van der Waals surface area contributed by atoms with Gasteiger partial charge < -0.3 is 14.3 Å². The second kappa shape index (κ2) is 7.61.